The highest BCUT2D eigenvalue weighted by atomic mass is 16.2. The Hall–Kier alpha value is -2.08. The molecule has 0 bridgehead atoms. The highest BCUT2D eigenvalue weighted by molar-refractivity contribution is 5.84. The van der Waals surface area contributed by atoms with Crippen LogP contribution in [0.15, 0.2) is 30.3 Å². The van der Waals surface area contributed by atoms with E-state index in [9.17, 15) is 9.59 Å². The summed E-state index contributed by atoms with van der Waals surface area (Å²) in [7, 11) is 1.80. The molecule has 0 unspecified atom stereocenters. The Kier molecular flexibility index (Phi) is 5.91. The van der Waals surface area contributed by atoms with Gasteiger partial charge < -0.3 is 15.1 Å². The molecule has 6 heteroatoms. The van der Waals surface area contributed by atoms with Gasteiger partial charge >= 0.3 is 6.03 Å². The van der Waals surface area contributed by atoms with Gasteiger partial charge in [-0.15, -0.1) is 0 Å². The van der Waals surface area contributed by atoms with Crippen molar-refractivity contribution in [1.29, 1.82) is 0 Å². The maximum absolute atomic E-state index is 12.5. The number of hydrogen-bond acceptors (Lipinski definition) is 3. The maximum atomic E-state index is 12.5. The van der Waals surface area contributed by atoms with Crippen LogP contribution in [0.3, 0.4) is 0 Å². The molecule has 0 saturated carbocycles. The van der Waals surface area contributed by atoms with Crippen LogP contribution in [0.5, 0.6) is 0 Å². The van der Waals surface area contributed by atoms with Gasteiger partial charge in [0.05, 0.1) is 0 Å². The summed E-state index contributed by atoms with van der Waals surface area (Å²) in [6.07, 6.45) is 3.11. The van der Waals surface area contributed by atoms with Crippen molar-refractivity contribution in [2.45, 2.75) is 31.8 Å². The van der Waals surface area contributed by atoms with Crippen LogP contribution in [-0.4, -0.2) is 72.5 Å². The van der Waals surface area contributed by atoms with Crippen LogP contribution in [0.25, 0.3) is 0 Å². The normalized spacial score (nSPS) is 22.1. The fourth-order valence-electron chi connectivity index (χ4n) is 3.63. The Balaban J connectivity index is 1.50. The Labute approximate surface area is 149 Å². The van der Waals surface area contributed by atoms with E-state index in [2.05, 4.69) is 34.5 Å². The monoisotopic (exact) mass is 344 g/mol. The number of nitrogens with zero attached hydrogens (tertiary/aromatic N) is 3. The second-order valence-electron chi connectivity index (χ2n) is 7.03. The van der Waals surface area contributed by atoms with Crippen molar-refractivity contribution in [3.8, 4) is 0 Å². The molecule has 1 aromatic carbocycles. The lowest BCUT2D eigenvalue weighted by Crippen LogP contribution is -2.47. The predicted octanol–water partition coefficient (Wildman–Crippen LogP) is 1.52. The van der Waals surface area contributed by atoms with Crippen LogP contribution < -0.4 is 5.32 Å². The van der Waals surface area contributed by atoms with Gasteiger partial charge in [0.15, 0.2) is 0 Å². The van der Waals surface area contributed by atoms with E-state index in [0.717, 1.165) is 32.5 Å². The summed E-state index contributed by atoms with van der Waals surface area (Å²) >= 11 is 0. The van der Waals surface area contributed by atoms with E-state index in [-0.39, 0.29) is 18.5 Å². The summed E-state index contributed by atoms with van der Waals surface area (Å²) in [5, 5.41) is 3.05. The average molecular weight is 344 g/mol. The van der Waals surface area contributed by atoms with Gasteiger partial charge in [-0.1, -0.05) is 30.3 Å². The first-order valence-corrected chi connectivity index (χ1v) is 9.18. The molecule has 2 aliphatic heterocycles. The predicted molar refractivity (Wildman–Crippen MR) is 97.1 cm³/mol. The molecular weight excluding hydrogens is 316 g/mol. The third-order valence-electron chi connectivity index (χ3n) is 5.18. The zero-order valence-electron chi connectivity index (χ0n) is 15.0. The number of rotatable bonds is 4. The van der Waals surface area contributed by atoms with E-state index in [1.807, 2.05) is 6.07 Å². The lowest BCUT2D eigenvalue weighted by Gasteiger charge is -2.26. The number of urea groups is 1. The standard InChI is InChI=1S/C19H28N4O2/c1-21-10-6-12-23(15-18(21)24)19(25)20-13-17-9-5-11-22(17)14-16-7-3-2-4-8-16/h2-4,7-8,17H,5-6,9-15H2,1H3,(H,20,25)/t17-/m0/s1. The number of likely N-dealkylation sites (tertiary alicyclic amines) is 1. The van der Waals surface area contributed by atoms with Gasteiger partial charge in [0.25, 0.3) is 0 Å². The fourth-order valence-corrected chi connectivity index (χ4v) is 3.63. The molecular formula is C19H28N4O2. The maximum Gasteiger partial charge on any atom is 0.317 e. The van der Waals surface area contributed by atoms with Crippen molar-refractivity contribution in [2.24, 2.45) is 0 Å². The fraction of sp³-hybridized carbons (Fsp3) is 0.579. The van der Waals surface area contributed by atoms with Gasteiger partial charge in [-0.05, 0) is 31.4 Å². The van der Waals surface area contributed by atoms with E-state index in [1.165, 1.54) is 12.0 Å². The Morgan fingerprint density at radius 2 is 1.96 bits per heavy atom. The summed E-state index contributed by atoms with van der Waals surface area (Å²) in [6.45, 7) is 4.18. The average Bonchev–Trinajstić information content (AvgIpc) is 2.98. The number of benzene rings is 1. The number of likely N-dealkylation sites (N-methyl/N-ethyl adjacent to an activating group) is 1. The lowest BCUT2D eigenvalue weighted by molar-refractivity contribution is -0.129. The van der Waals surface area contributed by atoms with Crippen LogP contribution >= 0.6 is 0 Å². The molecule has 6 nitrogen and oxygen atoms in total. The molecule has 3 amide bonds. The minimum absolute atomic E-state index is 0.0132. The molecule has 0 radical (unpaired) electrons. The van der Waals surface area contributed by atoms with Gasteiger partial charge in [-0.3, -0.25) is 9.69 Å². The Bertz CT molecular complexity index is 592. The number of carbonyl (C=O) groups excluding carboxylic acids is 2. The second-order valence-corrected chi connectivity index (χ2v) is 7.03. The third-order valence-corrected chi connectivity index (χ3v) is 5.18. The molecule has 1 N–H and O–H groups in total. The molecule has 2 aliphatic rings. The van der Waals surface area contributed by atoms with Gasteiger partial charge in [-0.2, -0.15) is 0 Å². The van der Waals surface area contributed by atoms with E-state index in [1.54, 1.807) is 16.8 Å². The molecule has 2 saturated heterocycles. The first-order chi connectivity index (χ1) is 12.1. The summed E-state index contributed by atoms with van der Waals surface area (Å²) in [4.78, 5) is 30.2. The molecule has 136 valence electrons. The number of hydrogen-bond donors (Lipinski definition) is 1. The van der Waals surface area contributed by atoms with Gasteiger partial charge in [0, 0.05) is 39.3 Å². The van der Waals surface area contributed by atoms with Gasteiger partial charge in [0.2, 0.25) is 5.91 Å². The first kappa shape index (κ1) is 17.7. The van der Waals surface area contributed by atoms with Gasteiger partial charge in [-0.25, -0.2) is 4.79 Å². The van der Waals surface area contributed by atoms with E-state index >= 15 is 0 Å². The minimum atomic E-state index is -0.116. The van der Waals surface area contributed by atoms with Crippen molar-refractivity contribution in [3.05, 3.63) is 35.9 Å². The zero-order valence-corrected chi connectivity index (χ0v) is 15.0. The van der Waals surface area contributed by atoms with Gasteiger partial charge in [0.1, 0.15) is 6.54 Å². The largest absolute Gasteiger partial charge is 0.344 e. The topological polar surface area (TPSA) is 55.9 Å². The molecule has 0 spiro atoms. The van der Waals surface area contributed by atoms with Crippen LogP contribution in [0.1, 0.15) is 24.8 Å². The minimum Gasteiger partial charge on any atom is -0.344 e. The molecule has 1 aromatic rings. The molecule has 3 rings (SSSR count). The highest BCUT2D eigenvalue weighted by Gasteiger charge is 2.27. The first-order valence-electron chi connectivity index (χ1n) is 9.18. The molecule has 0 aliphatic carbocycles. The SMILES string of the molecule is CN1CCCN(C(=O)NC[C@@H]2CCCN2Cc2ccccc2)CC1=O. The van der Waals surface area contributed by atoms with Crippen LogP contribution in [0, 0.1) is 0 Å². The van der Waals surface area contributed by atoms with Crippen LogP contribution in [0.2, 0.25) is 0 Å². The number of amides is 3. The number of nitrogens with one attached hydrogen (secondary N) is 1. The molecule has 1 atom stereocenters. The summed E-state index contributed by atoms with van der Waals surface area (Å²) < 4.78 is 0. The van der Waals surface area contributed by atoms with Crippen molar-refractivity contribution >= 4 is 11.9 Å². The molecule has 2 fully saturated rings. The van der Waals surface area contributed by atoms with Crippen molar-refractivity contribution < 1.29 is 9.59 Å². The van der Waals surface area contributed by atoms with Crippen LogP contribution in [0.4, 0.5) is 4.79 Å². The molecule has 0 aromatic heterocycles. The quantitative estimate of drug-likeness (QED) is 0.901. The van der Waals surface area contributed by atoms with E-state index < -0.39 is 0 Å². The second kappa shape index (κ2) is 8.34. The molecule has 25 heavy (non-hydrogen) atoms. The molecule has 2 heterocycles. The van der Waals surface area contributed by atoms with E-state index in [0.29, 0.717) is 19.1 Å². The summed E-state index contributed by atoms with van der Waals surface area (Å²) in [6, 6.07) is 10.7. The smallest absolute Gasteiger partial charge is 0.317 e. The highest BCUT2D eigenvalue weighted by Crippen LogP contribution is 2.19. The summed E-state index contributed by atoms with van der Waals surface area (Å²) in [5.41, 5.74) is 1.31. The lowest BCUT2D eigenvalue weighted by atomic mass is 10.2. The Morgan fingerprint density at radius 1 is 1.16 bits per heavy atom. The third kappa shape index (κ3) is 4.72. The number of carbonyl (C=O) groups is 2. The Morgan fingerprint density at radius 3 is 2.76 bits per heavy atom. The van der Waals surface area contributed by atoms with Crippen molar-refractivity contribution in [1.82, 2.24) is 20.0 Å². The van der Waals surface area contributed by atoms with Crippen molar-refractivity contribution in [2.75, 3.05) is 39.8 Å². The summed E-state index contributed by atoms with van der Waals surface area (Å²) in [5.74, 6) is 0.0132. The zero-order chi connectivity index (χ0) is 17.6. The van der Waals surface area contributed by atoms with Crippen molar-refractivity contribution in [3.63, 3.8) is 0 Å². The van der Waals surface area contributed by atoms with E-state index in [4.69, 9.17) is 0 Å². The van der Waals surface area contributed by atoms with Crippen LogP contribution in [-0.2, 0) is 11.3 Å².